The molecule has 0 aliphatic rings. The molecule has 0 saturated carbocycles. The second kappa shape index (κ2) is 6.15. The van der Waals surface area contributed by atoms with Crippen LogP contribution in [-0.2, 0) is 10.0 Å². The monoisotopic (exact) mass is 340 g/mol. The van der Waals surface area contributed by atoms with Crippen molar-refractivity contribution in [1.29, 1.82) is 0 Å². The molecule has 0 heterocycles. The molecule has 4 nitrogen and oxygen atoms in total. The van der Waals surface area contributed by atoms with Crippen LogP contribution in [0.25, 0.3) is 0 Å². The highest BCUT2D eigenvalue weighted by atomic mass is 79.9. The minimum atomic E-state index is -3.60. The Hall–Kier alpha value is -0.140. The summed E-state index contributed by atoms with van der Waals surface area (Å²) in [6, 6.07) is 4.91. The van der Waals surface area contributed by atoms with E-state index in [1.807, 2.05) is 6.92 Å². The number of nitrogens with one attached hydrogen (secondary N) is 2. The highest BCUT2D eigenvalue weighted by molar-refractivity contribution is 9.10. The molecule has 0 spiro atoms. The van der Waals surface area contributed by atoms with Gasteiger partial charge < -0.3 is 5.32 Å². The molecule has 0 fully saturated rings. The van der Waals surface area contributed by atoms with Gasteiger partial charge in [-0.05, 0) is 42.0 Å². The zero-order valence-corrected chi connectivity index (χ0v) is 12.7. The van der Waals surface area contributed by atoms with Crippen LogP contribution in [0.15, 0.2) is 27.6 Å². The topological polar surface area (TPSA) is 58.2 Å². The van der Waals surface area contributed by atoms with E-state index in [1.165, 1.54) is 0 Å². The van der Waals surface area contributed by atoms with Crippen molar-refractivity contribution in [3.05, 3.63) is 27.7 Å². The lowest BCUT2D eigenvalue weighted by molar-refractivity contribution is 0.554. The number of halogens is 2. The zero-order valence-electron chi connectivity index (χ0n) is 9.50. The lowest BCUT2D eigenvalue weighted by atomic mass is 10.4. The van der Waals surface area contributed by atoms with Crippen molar-refractivity contribution in [3.63, 3.8) is 0 Å². The Morgan fingerprint density at radius 3 is 2.65 bits per heavy atom. The van der Waals surface area contributed by atoms with Crippen LogP contribution in [0, 0.1) is 0 Å². The standard InChI is InChI=1S/C10H14BrClN2O2S/c1-7(13-2)6-14-17(15,16)10-8(11)4-3-5-9(10)12/h3-5,7,13-14H,6H2,1-2H3. The second-order valence-corrected chi connectivity index (χ2v) is 6.56. The molecular formula is C10H14BrClN2O2S. The van der Waals surface area contributed by atoms with Crippen molar-refractivity contribution in [1.82, 2.24) is 10.0 Å². The summed E-state index contributed by atoms with van der Waals surface area (Å²) >= 11 is 9.09. The normalized spacial score (nSPS) is 13.6. The first-order valence-electron chi connectivity index (χ1n) is 4.99. The fourth-order valence-corrected chi connectivity index (χ4v) is 4.01. The summed E-state index contributed by atoms with van der Waals surface area (Å²) in [6.07, 6.45) is 0. The van der Waals surface area contributed by atoms with Gasteiger partial charge in [-0.15, -0.1) is 0 Å². The molecular weight excluding hydrogens is 328 g/mol. The van der Waals surface area contributed by atoms with Crippen molar-refractivity contribution in [2.75, 3.05) is 13.6 Å². The Labute approximate surface area is 115 Å². The number of hydrogen-bond donors (Lipinski definition) is 2. The predicted octanol–water partition coefficient (Wildman–Crippen LogP) is 1.99. The number of sulfonamides is 1. The summed E-state index contributed by atoms with van der Waals surface area (Å²) in [5.41, 5.74) is 0. The summed E-state index contributed by atoms with van der Waals surface area (Å²) in [4.78, 5) is 0.0740. The van der Waals surface area contributed by atoms with E-state index in [4.69, 9.17) is 11.6 Å². The minimum absolute atomic E-state index is 0.0473. The Morgan fingerprint density at radius 1 is 1.47 bits per heavy atom. The van der Waals surface area contributed by atoms with Gasteiger partial charge in [0.05, 0.1) is 5.02 Å². The Bertz CT molecular complexity index is 473. The van der Waals surface area contributed by atoms with E-state index in [0.29, 0.717) is 11.0 Å². The van der Waals surface area contributed by atoms with E-state index in [9.17, 15) is 8.42 Å². The number of hydrogen-bond acceptors (Lipinski definition) is 3. The zero-order chi connectivity index (χ0) is 13.1. The van der Waals surface area contributed by atoms with Crippen LogP contribution < -0.4 is 10.0 Å². The van der Waals surface area contributed by atoms with Crippen LogP contribution >= 0.6 is 27.5 Å². The summed E-state index contributed by atoms with van der Waals surface area (Å²) < 4.78 is 27.0. The number of benzene rings is 1. The Kier molecular flexibility index (Phi) is 5.40. The summed E-state index contributed by atoms with van der Waals surface area (Å²) in [6.45, 7) is 2.18. The molecule has 0 bridgehead atoms. The molecule has 1 atom stereocenters. The van der Waals surface area contributed by atoms with Crippen LogP contribution in [0.4, 0.5) is 0 Å². The van der Waals surface area contributed by atoms with E-state index >= 15 is 0 Å². The van der Waals surface area contributed by atoms with Crippen LogP contribution in [0.1, 0.15) is 6.92 Å². The van der Waals surface area contributed by atoms with Gasteiger partial charge >= 0.3 is 0 Å². The number of likely N-dealkylation sites (N-methyl/N-ethyl adjacent to an activating group) is 1. The SMILES string of the molecule is CNC(C)CNS(=O)(=O)c1c(Cl)cccc1Br. The third-order valence-corrected chi connectivity index (χ3v) is 5.13. The molecule has 17 heavy (non-hydrogen) atoms. The lowest BCUT2D eigenvalue weighted by Crippen LogP contribution is -2.37. The van der Waals surface area contributed by atoms with Crippen LogP contribution in [-0.4, -0.2) is 28.1 Å². The second-order valence-electron chi connectivity index (χ2n) is 3.59. The van der Waals surface area contributed by atoms with Gasteiger partial charge in [0.2, 0.25) is 10.0 Å². The average molecular weight is 342 g/mol. The molecule has 0 radical (unpaired) electrons. The molecule has 0 saturated heterocycles. The van der Waals surface area contributed by atoms with Gasteiger partial charge in [0.25, 0.3) is 0 Å². The first-order chi connectivity index (χ1) is 7.88. The lowest BCUT2D eigenvalue weighted by Gasteiger charge is -2.13. The molecule has 1 unspecified atom stereocenters. The van der Waals surface area contributed by atoms with Gasteiger partial charge in [-0.2, -0.15) is 0 Å². The predicted molar refractivity (Wildman–Crippen MR) is 72.9 cm³/mol. The summed E-state index contributed by atoms with van der Waals surface area (Å²) in [7, 11) is -1.83. The van der Waals surface area contributed by atoms with Gasteiger partial charge in [-0.1, -0.05) is 17.7 Å². The van der Waals surface area contributed by atoms with E-state index in [2.05, 4.69) is 26.0 Å². The minimum Gasteiger partial charge on any atom is -0.316 e. The van der Waals surface area contributed by atoms with Gasteiger partial charge in [-0.25, -0.2) is 13.1 Å². The Balaban J connectivity index is 2.98. The molecule has 1 rings (SSSR count). The fraction of sp³-hybridized carbons (Fsp3) is 0.400. The quantitative estimate of drug-likeness (QED) is 0.861. The average Bonchev–Trinajstić information content (AvgIpc) is 2.25. The maximum Gasteiger partial charge on any atom is 0.243 e. The van der Waals surface area contributed by atoms with E-state index < -0.39 is 10.0 Å². The van der Waals surface area contributed by atoms with Crippen LogP contribution in [0.3, 0.4) is 0 Å². The largest absolute Gasteiger partial charge is 0.316 e. The fourth-order valence-electron chi connectivity index (χ4n) is 1.15. The van der Waals surface area contributed by atoms with Gasteiger partial charge in [-0.3, -0.25) is 0 Å². The van der Waals surface area contributed by atoms with Crippen LogP contribution in [0.5, 0.6) is 0 Å². The van der Waals surface area contributed by atoms with Crippen molar-refractivity contribution >= 4 is 37.6 Å². The summed E-state index contributed by atoms with van der Waals surface area (Å²) in [5.74, 6) is 0. The number of rotatable bonds is 5. The van der Waals surface area contributed by atoms with Gasteiger partial charge in [0, 0.05) is 17.1 Å². The highest BCUT2D eigenvalue weighted by Gasteiger charge is 2.21. The maximum absolute atomic E-state index is 12.0. The summed E-state index contributed by atoms with van der Waals surface area (Å²) in [5, 5.41) is 3.14. The maximum atomic E-state index is 12.0. The van der Waals surface area contributed by atoms with E-state index in [-0.39, 0.29) is 16.0 Å². The third kappa shape index (κ3) is 3.93. The molecule has 1 aromatic rings. The third-order valence-electron chi connectivity index (χ3n) is 2.26. The molecule has 7 heteroatoms. The van der Waals surface area contributed by atoms with E-state index in [1.54, 1.807) is 25.2 Å². The molecule has 2 N–H and O–H groups in total. The van der Waals surface area contributed by atoms with Crippen LogP contribution in [0.2, 0.25) is 5.02 Å². The first-order valence-corrected chi connectivity index (χ1v) is 7.65. The highest BCUT2D eigenvalue weighted by Crippen LogP contribution is 2.28. The first kappa shape index (κ1) is 14.9. The molecule has 0 aromatic heterocycles. The smallest absolute Gasteiger partial charge is 0.243 e. The molecule has 0 aliphatic carbocycles. The molecule has 1 aromatic carbocycles. The molecule has 0 amide bonds. The van der Waals surface area contributed by atoms with Crippen molar-refractivity contribution in [2.45, 2.75) is 17.9 Å². The van der Waals surface area contributed by atoms with Crippen molar-refractivity contribution < 1.29 is 8.42 Å². The van der Waals surface area contributed by atoms with Crippen molar-refractivity contribution in [2.24, 2.45) is 0 Å². The van der Waals surface area contributed by atoms with Gasteiger partial charge in [0.15, 0.2) is 0 Å². The molecule has 96 valence electrons. The van der Waals surface area contributed by atoms with Gasteiger partial charge in [0.1, 0.15) is 4.90 Å². The molecule has 0 aliphatic heterocycles. The van der Waals surface area contributed by atoms with E-state index in [0.717, 1.165) is 0 Å². The van der Waals surface area contributed by atoms with Crippen molar-refractivity contribution in [3.8, 4) is 0 Å². The Morgan fingerprint density at radius 2 is 2.12 bits per heavy atom.